The summed E-state index contributed by atoms with van der Waals surface area (Å²) in [5.74, 6) is -1.26. The first-order chi connectivity index (χ1) is 10.8. The summed E-state index contributed by atoms with van der Waals surface area (Å²) in [6.07, 6.45) is 0. The molecule has 1 aromatic carbocycles. The van der Waals surface area contributed by atoms with E-state index < -0.39 is 15.9 Å². The topological polar surface area (TPSA) is 125 Å². The third-order valence-corrected chi connectivity index (χ3v) is 5.99. The molecule has 0 radical (unpaired) electrons. The van der Waals surface area contributed by atoms with Gasteiger partial charge in [0.15, 0.2) is 0 Å². The maximum atomic E-state index is 12.9. The number of nitrogens with zero attached hydrogens (tertiary/aromatic N) is 1. The maximum absolute atomic E-state index is 12.9. The van der Waals surface area contributed by atoms with Crippen molar-refractivity contribution in [3.05, 3.63) is 28.4 Å². The Morgan fingerprint density at radius 3 is 2.74 bits per heavy atom. The van der Waals surface area contributed by atoms with E-state index in [1.54, 1.807) is 18.2 Å². The van der Waals surface area contributed by atoms with Gasteiger partial charge in [0, 0.05) is 28.5 Å². The van der Waals surface area contributed by atoms with Gasteiger partial charge in [-0.05, 0) is 18.2 Å². The number of hydrogen-bond donors (Lipinski definition) is 3. The molecule has 3 rings (SSSR count). The van der Waals surface area contributed by atoms with Crippen molar-refractivity contribution in [3.63, 3.8) is 0 Å². The van der Waals surface area contributed by atoms with Gasteiger partial charge in [0.05, 0.1) is 6.54 Å². The van der Waals surface area contributed by atoms with Crippen molar-refractivity contribution in [1.82, 2.24) is 14.6 Å². The van der Waals surface area contributed by atoms with Crippen LogP contribution in [0.3, 0.4) is 0 Å². The van der Waals surface area contributed by atoms with Gasteiger partial charge in [0.25, 0.3) is 5.91 Å². The third-order valence-electron chi connectivity index (χ3n) is 3.56. The molecule has 10 heteroatoms. The van der Waals surface area contributed by atoms with E-state index in [0.29, 0.717) is 15.4 Å². The van der Waals surface area contributed by atoms with Gasteiger partial charge in [0.1, 0.15) is 10.6 Å². The highest BCUT2D eigenvalue weighted by atomic mass is 79.9. The molecule has 0 bridgehead atoms. The Bertz CT molecular complexity index is 921. The molecule has 2 aromatic rings. The average Bonchev–Trinajstić information content (AvgIpc) is 2.86. The smallest absolute Gasteiger partial charge is 0.266 e. The number of rotatable bonds is 3. The molecule has 0 unspecified atom stereocenters. The van der Waals surface area contributed by atoms with Crippen molar-refractivity contribution in [2.45, 2.75) is 4.90 Å². The largest absolute Gasteiger partial charge is 0.364 e. The Labute approximate surface area is 140 Å². The number of fused-ring (bicyclic) bond motifs is 1. The molecular weight excluding hydrogens is 388 g/mol. The lowest BCUT2D eigenvalue weighted by Crippen LogP contribution is -2.50. The highest BCUT2D eigenvalue weighted by Gasteiger charge is 2.34. The average molecular weight is 401 g/mol. The number of halogens is 1. The van der Waals surface area contributed by atoms with Crippen molar-refractivity contribution in [2.75, 3.05) is 19.6 Å². The molecule has 122 valence electrons. The zero-order valence-corrected chi connectivity index (χ0v) is 14.2. The molecule has 4 N–H and O–H groups in total. The van der Waals surface area contributed by atoms with E-state index in [0.717, 1.165) is 4.31 Å². The number of sulfonamides is 1. The molecule has 2 heterocycles. The molecule has 0 aliphatic carbocycles. The van der Waals surface area contributed by atoms with Crippen LogP contribution in [0.15, 0.2) is 27.6 Å². The number of piperazine rings is 1. The summed E-state index contributed by atoms with van der Waals surface area (Å²) in [5.41, 5.74) is 5.61. The molecule has 1 fully saturated rings. The SMILES string of the molecule is NC(=O)c1[nH]c2ccc(Br)cc2c1S(=O)(=O)N1CCNC(=O)C1. The lowest BCUT2D eigenvalue weighted by molar-refractivity contribution is -0.122. The second kappa shape index (κ2) is 5.62. The summed E-state index contributed by atoms with van der Waals surface area (Å²) in [4.78, 5) is 25.7. The van der Waals surface area contributed by atoms with E-state index in [1.165, 1.54) is 0 Å². The molecule has 23 heavy (non-hydrogen) atoms. The Morgan fingerprint density at radius 2 is 2.09 bits per heavy atom. The minimum absolute atomic E-state index is 0.132. The summed E-state index contributed by atoms with van der Waals surface area (Å²) in [6, 6.07) is 4.96. The molecule has 1 saturated heterocycles. The molecule has 2 amide bonds. The predicted molar refractivity (Wildman–Crippen MR) is 86.3 cm³/mol. The van der Waals surface area contributed by atoms with Crippen LogP contribution in [0.2, 0.25) is 0 Å². The lowest BCUT2D eigenvalue weighted by Gasteiger charge is -2.26. The van der Waals surface area contributed by atoms with Gasteiger partial charge in [-0.15, -0.1) is 0 Å². The van der Waals surface area contributed by atoms with E-state index in [2.05, 4.69) is 26.2 Å². The molecule has 1 aromatic heterocycles. The maximum Gasteiger partial charge on any atom is 0.266 e. The summed E-state index contributed by atoms with van der Waals surface area (Å²) < 4.78 is 27.6. The van der Waals surface area contributed by atoms with Gasteiger partial charge in [-0.3, -0.25) is 9.59 Å². The van der Waals surface area contributed by atoms with Crippen LogP contribution in [0.5, 0.6) is 0 Å². The number of nitrogens with one attached hydrogen (secondary N) is 2. The quantitative estimate of drug-likeness (QED) is 0.677. The first-order valence-electron chi connectivity index (χ1n) is 6.68. The van der Waals surface area contributed by atoms with Crippen molar-refractivity contribution < 1.29 is 18.0 Å². The van der Waals surface area contributed by atoms with Crippen LogP contribution in [0, 0.1) is 0 Å². The van der Waals surface area contributed by atoms with E-state index in [1.807, 2.05) is 0 Å². The van der Waals surface area contributed by atoms with E-state index in [4.69, 9.17) is 5.73 Å². The number of nitrogens with two attached hydrogens (primary N) is 1. The van der Waals surface area contributed by atoms with Gasteiger partial charge in [0.2, 0.25) is 15.9 Å². The minimum atomic E-state index is -4.05. The van der Waals surface area contributed by atoms with Crippen molar-refractivity contribution in [3.8, 4) is 0 Å². The summed E-state index contributed by atoms with van der Waals surface area (Å²) >= 11 is 3.28. The Balaban J connectivity index is 2.24. The van der Waals surface area contributed by atoms with Crippen molar-refractivity contribution in [2.24, 2.45) is 5.73 Å². The number of primary amides is 1. The van der Waals surface area contributed by atoms with E-state index >= 15 is 0 Å². The minimum Gasteiger partial charge on any atom is -0.364 e. The lowest BCUT2D eigenvalue weighted by atomic mass is 10.2. The summed E-state index contributed by atoms with van der Waals surface area (Å²) in [7, 11) is -4.05. The van der Waals surface area contributed by atoms with Crippen LogP contribution < -0.4 is 11.1 Å². The number of amides is 2. The normalized spacial score (nSPS) is 16.5. The fraction of sp³-hybridized carbons (Fsp3) is 0.231. The van der Waals surface area contributed by atoms with Crippen LogP contribution in [0.1, 0.15) is 10.5 Å². The number of aromatic nitrogens is 1. The molecule has 8 nitrogen and oxygen atoms in total. The number of aromatic amines is 1. The number of carbonyl (C=O) groups is 2. The van der Waals surface area contributed by atoms with Crippen LogP contribution >= 0.6 is 15.9 Å². The first kappa shape index (κ1) is 16.0. The number of H-pyrrole nitrogens is 1. The predicted octanol–water partition coefficient (Wildman–Crippen LogP) is 0.150. The van der Waals surface area contributed by atoms with Gasteiger partial charge < -0.3 is 16.0 Å². The van der Waals surface area contributed by atoms with Crippen LogP contribution in [0.25, 0.3) is 10.9 Å². The number of hydrogen-bond acceptors (Lipinski definition) is 4. The fourth-order valence-corrected chi connectivity index (χ4v) is 4.62. The summed E-state index contributed by atoms with van der Waals surface area (Å²) in [5, 5.41) is 2.91. The highest BCUT2D eigenvalue weighted by Crippen LogP contribution is 2.31. The summed E-state index contributed by atoms with van der Waals surface area (Å²) in [6.45, 7) is 0.0597. The third kappa shape index (κ3) is 2.73. The van der Waals surface area contributed by atoms with Crippen molar-refractivity contribution in [1.29, 1.82) is 0 Å². The first-order valence-corrected chi connectivity index (χ1v) is 8.92. The molecule has 0 saturated carbocycles. The molecule has 0 spiro atoms. The van der Waals surface area contributed by atoms with Gasteiger partial charge in [-0.1, -0.05) is 15.9 Å². The van der Waals surface area contributed by atoms with E-state index in [9.17, 15) is 18.0 Å². The van der Waals surface area contributed by atoms with Gasteiger partial charge in [-0.2, -0.15) is 4.31 Å². The van der Waals surface area contributed by atoms with Crippen LogP contribution in [-0.4, -0.2) is 49.2 Å². The number of carbonyl (C=O) groups excluding carboxylic acids is 2. The second-order valence-electron chi connectivity index (χ2n) is 5.07. The standard InChI is InChI=1S/C13H13BrN4O4S/c14-7-1-2-9-8(5-7)12(11(17-9)13(15)20)23(21,22)18-4-3-16-10(19)6-18/h1-2,5,17H,3-4,6H2,(H2,15,20)(H,16,19). The Morgan fingerprint density at radius 1 is 1.35 bits per heavy atom. The van der Waals surface area contributed by atoms with E-state index in [-0.39, 0.29) is 36.1 Å². The Kier molecular flexibility index (Phi) is 3.90. The zero-order valence-electron chi connectivity index (χ0n) is 11.8. The van der Waals surface area contributed by atoms with Crippen LogP contribution in [0.4, 0.5) is 0 Å². The Hall–Kier alpha value is -1.91. The molecular formula is C13H13BrN4O4S. The zero-order chi connectivity index (χ0) is 16.8. The number of benzene rings is 1. The molecule has 0 atom stereocenters. The molecule has 1 aliphatic rings. The van der Waals surface area contributed by atoms with Gasteiger partial charge in [-0.25, -0.2) is 8.42 Å². The fourth-order valence-electron chi connectivity index (χ4n) is 2.53. The van der Waals surface area contributed by atoms with Gasteiger partial charge >= 0.3 is 0 Å². The highest BCUT2D eigenvalue weighted by molar-refractivity contribution is 9.10. The second-order valence-corrected chi connectivity index (χ2v) is 7.86. The van der Waals surface area contributed by atoms with Crippen molar-refractivity contribution >= 4 is 48.7 Å². The monoisotopic (exact) mass is 400 g/mol. The van der Waals surface area contributed by atoms with Crippen LogP contribution in [-0.2, 0) is 14.8 Å². The molecule has 1 aliphatic heterocycles.